The van der Waals surface area contributed by atoms with E-state index in [9.17, 15) is 0 Å². The largest absolute Gasteiger partial charge is 0.262 e. The zero-order valence-corrected chi connectivity index (χ0v) is 10.6. The molecule has 0 aliphatic rings. The molecule has 3 heteroatoms. The number of hydrogen-bond donors (Lipinski definition) is 0. The van der Waals surface area contributed by atoms with E-state index in [2.05, 4.69) is 32.8 Å². The molecule has 0 fully saturated rings. The first-order valence-electron chi connectivity index (χ1n) is 4.62. The zero-order chi connectivity index (χ0) is 11.4. The van der Waals surface area contributed by atoms with Crippen molar-refractivity contribution >= 4 is 27.5 Å². The van der Waals surface area contributed by atoms with E-state index in [0.717, 1.165) is 15.6 Å². The predicted octanol–water partition coefficient (Wildman–Crippen LogP) is 3.90. The molecular weight excluding hydrogens is 286 g/mol. The van der Waals surface area contributed by atoms with Gasteiger partial charge in [0.05, 0.1) is 0 Å². The van der Waals surface area contributed by atoms with E-state index < -0.39 is 0 Å². The molecule has 0 aliphatic heterocycles. The van der Waals surface area contributed by atoms with Crippen LogP contribution in [-0.4, -0.2) is 4.98 Å². The molecule has 0 aliphatic carbocycles. The molecule has 78 valence electrons. The predicted molar refractivity (Wildman–Crippen MR) is 69.4 cm³/mol. The Morgan fingerprint density at radius 3 is 2.62 bits per heavy atom. The summed E-state index contributed by atoms with van der Waals surface area (Å²) in [6.45, 7) is 0. The van der Waals surface area contributed by atoms with Crippen LogP contribution in [0.2, 0.25) is 5.02 Å². The van der Waals surface area contributed by atoms with Crippen molar-refractivity contribution in [1.29, 1.82) is 0 Å². The van der Waals surface area contributed by atoms with E-state index in [1.807, 2.05) is 30.3 Å². The van der Waals surface area contributed by atoms with Crippen LogP contribution in [-0.2, 0) is 0 Å². The van der Waals surface area contributed by atoms with Crippen molar-refractivity contribution in [2.45, 2.75) is 0 Å². The first kappa shape index (κ1) is 11.2. The molecule has 1 aromatic carbocycles. The number of benzene rings is 1. The number of halogens is 2. The second-order valence-corrected chi connectivity index (χ2v) is 4.50. The number of hydrogen-bond acceptors (Lipinski definition) is 1. The number of aromatic nitrogens is 1. The van der Waals surface area contributed by atoms with Crippen LogP contribution in [0.4, 0.5) is 0 Å². The highest BCUT2D eigenvalue weighted by atomic mass is 79.9. The van der Waals surface area contributed by atoms with Gasteiger partial charge in [-0.3, -0.25) is 4.98 Å². The second-order valence-electron chi connectivity index (χ2n) is 3.15. The van der Waals surface area contributed by atoms with E-state index in [4.69, 9.17) is 11.6 Å². The van der Waals surface area contributed by atoms with Crippen LogP contribution in [0.25, 0.3) is 0 Å². The Morgan fingerprint density at radius 1 is 1.06 bits per heavy atom. The molecule has 0 amide bonds. The van der Waals surface area contributed by atoms with E-state index >= 15 is 0 Å². The Bertz CT molecular complexity index is 520. The van der Waals surface area contributed by atoms with Crippen LogP contribution in [0.3, 0.4) is 0 Å². The summed E-state index contributed by atoms with van der Waals surface area (Å²) in [6.07, 6.45) is 3.45. The van der Waals surface area contributed by atoms with Crippen LogP contribution >= 0.6 is 27.5 Å². The van der Waals surface area contributed by atoms with Crippen molar-refractivity contribution in [2.75, 3.05) is 0 Å². The van der Waals surface area contributed by atoms with Gasteiger partial charge < -0.3 is 0 Å². The molecule has 2 rings (SSSR count). The van der Waals surface area contributed by atoms with Crippen molar-refractivity contribution in [3.63, 3.8) is 0 Å². The SMILES string of the molecule is Clc1cccc(C#Cc2cncc(Br)c2)c1. The summed E-state index contributed by atoms with van der Waals surface area (Å²) in [6, 6.07) is 9.38. The summed E-state index contributed by atoms with van der Waals surface area (Å²) in [5.74, 6) is 6.06. The molecule has 1 nitrogen and oxygen atoms in total. The third kappa shape index (κ3) is 3.10. The minimum Gasteiger partial charge on any atom is -0.262 e. The lowest BCUT2D eigenvalue weighted by Crippen LogP contribution is -1.78. The maximum atomic E-state index is 5.86. The smallest absolute Gasteiger partial charge is 0.0443 e. The quantitative estimate of drug-likeness (QED) is 0.671. The van der Waals surface area contributed by atoms with Gasteiger partial charge in [0.25, 0.3) is 0 Å². The summed E-state index contributed by atoms with van der Waals surface area (Å²) in [5, 5.41) is 0.694. The Kier molecular flexibility index (Phi) is 3.61. The van der Waals surface area contributed by atoms with Gasteiger partial charge in [0, 0.05) is 33.0 Å². The molecule has 0 atom stereocenters. The topological polar surface area (TPSA) is 12.9 Å². The highest BCUT2D eigenvalue weighted by Gasteiger charge is 1.91. The first-order chi connectivity index (χ1) is 7.74. The van der Waals surface area contributed by atoms with Gasteiger partial charge in [0.2, 0.25) is 0 Å². The van der Waals surface area contributed by atoms with E-state index in [1.54, 1.807) is 12.4 Å². The summed E-state index contributed by atoms with van der Waals surface area (Å²) in [4.78, 5) is 4.04. The van der Waals surface area contributed by atoms with Crippen LogP contribution in [0.15, 0.2) is 47.2 Å². The molecule has 1 aromatic heterocycles. The van der Waals surface area contributed by atoms with Crippen molar-refractivity contribution in [3.8, 4) is 11.8 Å². The standard InChI is InChI=1S/C13H7BrClN/c14-12-6-11(8-16-9-12)5-4-10-2-1-3-13(15)7-10/h1-3,6-9H. The molecule has 0 spiro atoms. The fraction of sp³-hybridized carbons (Fsp3) is 0. The van der Waals surface area contributed by atoms with Gasteiger partial charge in [0.15, 0.2) is 0 Å². The van der Waals surface area contributed by atoms with Gasteiger partial charge in [-0.15, -0.1) is 0 Å². The summed E-state index contributed by atoms with van der Waals surface area (Å²) < 4.78 is 0.922. The maximum Gasteiger partial charge on any atom is 0.0443 e. The van der Waals surface area contributed by atoms with Gasteiger partial charge in [-0.1, -0.05) is 29.5 Å². The van der Waals surface area contributed by atoms with Gasteiger partial charge in [-0.05, 0) is 40.2 Å². The Labute approximate surface area is 108 Å². The van der Waals surface area contributed by atoms with Crippen LogP contribution in [0.1, 0.15) is 11.1 Å². The lowest BCUT2D eigenvalue weighted by atomic mass is 10.2. The van der Waals surface area contributed by atoms with Crippen LogP contribution in [0, 0.1) is 11.8 Å². The van der Waals surface area contributed by atoms with Crippen LogP contribution in [0.5, 0.6) is 0 Å². The molecule has 16 heavy (non-hydrogen) atoms. The average Bonchev–Trinajstić information content (AvgIpc) is 2.27. The molecule has 2 aromatic rings. The fourth-order valence-corrected chi connectivity index (χ4v) is 1.75. The normalized spacial score (nSPS) is 9.38. The summed E-state index contributed by atoms with van der Waals surface area (Å²) in [7, 11) is 0. The van der Waals surface area contributed by atoms with Gasteiger partial charge in [-0.25, -0.2) is 0 Å². The molecule has 0 radical (unpaired) electrons. The zero-order valence-electron chi connectivity index (χ0n) is 8.24. The molecule has 0 saturated heterocycles. The molecule has 0 unspecified atom stereocenters. The highest BCUT2D eigenvalue weighted by Crippen LogP contribution is 2.11. The first-order valence-corrected chi connectivity index (χ1v) is 5.79. The molecule has 0 N–H and O–H groups in total. The van der Waals surface area contributed by atoms with Crippen molar-refractivity contribution in [1.82, 2.24) is 4.98 Å². The Balaban J connectivity index is 2.28. The van der Waals surface area contributed by atoms with Crippen LogP contribution < -0.4 is 0 Å². The molecular formula is C13H7BrClN. The third-order valence-corrected chi connectivity index (χ3v) is 2.55. The molecule has 1 heterocycles. The third-order valence-electron chi connectivity index (χ3n) is 1.88. The van der Waals surface area contributed by atoms with E-state index in [-0.39, 0.29) is 0 Å². The summed E-state index contributed by atoms with van der Waals surface area (Å²) in [5.41, 5.74) is 1.77. The van der Waals surface area contributed by atoms with E-state index in [1.165, 1.54) is 0 Å². The van der Waals surface area contributed by atoms with Crippen molar-refractivity contribution in [2.24, 2.45) is 0 Å². The van der Waals surface area contributed by atoms with Crippen molar-refractivity contribution < 1.29 is 0 Å². The maximum absolute atomic E-state index is 5.86. The average molecular weight is 293 g/mol. The monoisotopic (exact) mass is 291 g/mol. The molecule has 0 saturated carbocycles. The highest BCUT2D eigenvalue weighted by molar-refractivity contribution is 9.10. The van der Waals surface area contributed by atoms with Gasteiger partial charge in [-0.2, -0.15) is 0 Å². The lowest BCUT2D eigenvalue weighted by Gasteiger charge is -1.92. The van der Waals surface area contributed by atoms with Crippen molar-refractivity contribution in [3.05, 3.63) is 63.3 Å². The lowest BCUT2D eigenvalue weighted by molar-refractivity contribution is 1.29. The minimum absolute atomic E-state index is 0.694. The second kappa shape index (κ2) is 5.16. The van der Waals surface area contributed by atoms with E-state index in [0.29, 0.717) is 5.02 Å². The van der Waals surface area contributed by atoms with Gasteiger partial charge >= 0.3 is 0 Å². The number of pyridine rings is 1. The number of nitrogens with zero attached hydrogens (tertiary/aromatic N) is 1. The Morgan fingerprint density at radius 2 is 1.88 bits per heavy atom. The molecule has 0 bridgehead atoms. The number of rotatable bonds is 0. The fourth-order valence-electron chi connectivity index (χ4n) is 1.19. The summed E-state index contributed by atoms with van der Waals surface area (Å²) >= 11 is 9.21. The van der Waals surface area contributed by atoms with Gasteiger partial charge in [0.1, 0.15) is 0 Å². The minimum atomic E-state index is 0.694. The Hall–Kier alpha value is -1.30.